The van der Waals surface area contributed by atoms with Crippen molar-refractivity contribution in [2.75, 3.05) is 42.9 Å². The Balaban J connectivity index is 0.00000256. The molecule has 1 saturated heterocycles. The first-order valence-corrected chi connectivity index (χ1v) is 11.9. The van der Waals surface area contributed by atoms with Crippen LogP contribution in [0.1, 0.15) is 5.56 Å². The molecule has 1 aliphatic heterocycles. The number of ether oxygens (including phenoxy) is 1. The molecule has 0 unspecified atom stereocenters. The molecule has 3 aromatic rings. The number of fused-ring (bicyclic) bond motifs is 1. The van der Waals surface area contributed by atoms with Crippen molar-refractivity contribution in [2.45, 2.75) is 11.1 Å². The van der Waals surface area contributed by atoms with Crippen LogP contribution in [-0.2, 0) is 10.0 Å². The first kappa shape index (κ1) is 23.0. The van der Waals surface area contributed by atoms with E-state index in [9.17, 15) is 8.42 Å². The largest absolute Gasteiger partial charge is 0.495 e. The molecule has 4 rings (SSSR count). The molecule has 0 spiro atoms. The number of hydrogen-bond acceptors (Lipinski definition) is 6. The number of hydrogen-bond donors (Lipinski definition) is 2. The monoisotopic (exact) mass is 487 g/mol. The summed E-state index contributed by atoms with van der Waals surface area (Å²) in [5.41, 5.74) is 2.10. The predicted octanol–water partition coefficient (Wildman–Crippen LogP) is 4.50. The van der Waals surface area contributed by atoms with Crippen LogP contribution in [-0.4, -0.2) is 41.7 Å². The standard InChI is InChI=1S/C20H22ClN3O3S2.ClH/c1-13-16-11-14(21)3-6-19(16)28-20(13)29(25,26)23-15-4-5-18(27-2)17(12-15)24-9-7-22-8-10-24;/h3-6,11-12,22-23H,7-10H2,1-2H3;1H. The molecule has 1 fully saturated rings. The molecule has 30 heavy (non-hydrogen) atoms. The average Bonchev–Trinajstić information content (AvgIpc) is 3.05. The lowest BCUT2D eigenvalue weighted by Crippen LogP contribution is -2.43. The van der Waals surface area contributed by atoms with Crippen molar-refractivity contribution in [1.82, 2.24) is 5.32 Å². The smallest absolute Gasteiger partial charge is 0.271 e. The quantitative estimate of drug-likeness (QED) is 0.554. The van der Waals surface area contributed by atoms with Gasteiger partial charge in [0.05, 0.1) is 18.5 Å². The van der Waals surface area contributed by atoms with E-state index in [4.69, 9.17) is 16.3 Å². The minimum atomic E-state index is -3.73. The van der Waals surface area contributed by atoms with Gasteiger partial charge in [-0.05, 0) is 54.3 Å². The van der Waals surface area contributed by atoms with Crippen LogP contribution in [0.2, 0.25) is 5.02 Å². The summed E-state index contributed by atoms with van der Waals surface area (Å²) in [5.74, 6) is 0.725. The third kappa shape index (κ3) is 4.48. The van der Waals surface area contributed by atoms with Crippen molar-refractivity contribution in [3.63, 3.8) is 0 Å². The fourth-order valence-corrected chi connectivity index (χ4v) is 6.50. The highest BCUT2D eigenvalue weighted by molar-refractivity contribution is 7.94. The van der Waals surface area contributed by atoms with E-state index >= 15 is 0 Å². The molecule has 2 aromatic carbocycles. The van der Waals surface area contributed by atoms with Gasteiger partial charge in [-0.2, -0.15) is 0 Å². The first-order valence-electron chi connectivity index (χ1n) is 9.24. The van der Waals surface area contributed by atoms with E-state index in [1.54, 1.807) is 31.4 Å². The van der Waals surface area contributed by atoms with Gasteiger partial charge in [-0.25, -0.2) is 8.42 Å². The number of anilines is 2. The second-order valence-corrected chi connectivity index (χ2v) is 10.3. The van der Waals surface area contributed by atoms with Crippen molar-refractivity contribution in [1.29, 1.82) is 0 Å². The maximum atomic E-state index is 13.1. The number of rotatable bonds is 5. The summed E-state index contributed by atoms with van der Waals surface area (Å²) in [4.78, 5) is 2.19. The highest BCUT2D eigenvalue weighted by Crippen LogP contribution is 2.37. The number of methoxy groups -OCH3 is 1. The summed E-state index contributed by atoms with van der Waals surface area (Å²) in [6.07, 6.45) is 0. The number of nitrogens with zero attached hydrogens (tertiary/aromatic N) is 1. The molecule has 10 heteroatoms. The Morgan fingerprint density at radius 3 is 2.60 bits per heavy atom. The molecule has 1 aromatic heterocycles. The van der Waals surface area contributed by atoms with Crippen LogP contribution in [0.15, 0.2) is 40.6 Å². The zero-order valence-electron chi connectivity index (χ0n) is 16.6. The van der Waals surface area contributed by atoms with Crippen LogP contribution in [0.5, 0.6) is 5.75 Å². The molecular formula is C20H23Cl2N3O3S2. The minimum Gasteiger partial charge on any atom is -0.495 e. The summed E-state index contributed by atoms with van der Waals surface area (Å²) in [5, 5.41) is 4.77. The number of piperazine rings is 1. The van der Waals surface area contributed by atoms with Gasteiger partial charge >= 0.3 is 0 Å². The zero-order valence-corrected chi connectivity index (χ0v) is 19.8. The molecule has 2 N–H and O–H groups in total. The van der Waals surface area contributed by atoms with Gasteiger partial charge in [-0.3, -0.25) is 4.72 Å². The zero-order chi connectivity index (χ0) is 20.6. The molecule has 1 aliphatic rings. The Hall–Kier alpha value is -1.71. The van der Waals surface area contributed by atoms with Crippen LogP contribution in [0, 0.1) is 6.92 Å². The molecule has 162 valence electrons. The summed E-state index contributed by atoms with van der Waals surface area (Å²) in [6.45, 7) is 5.24. The lowest BCUT2D eigenvalue weighted by Gasteiger charge is -2.31. The van der Waals surface area contributed by atoms with Gasteiger partial charge in [-0.1, -0.05) is 11.6 Å². The predicted molar refractivity (Wildman–Crippen MR) is 128 cm³/mol. The summed E-state index contributed by atoms with van der Waals surface area (Å²) in [7, 11) is -2.11. The van der Waals surface area contributed by atoms with E-state index in [1.807, 2.05) is 19.1 Å². The Labute approximate surface area is 191 Å². The van der Waals surface area contributed by atoms with E-state index in [1.165, 1.54) is 11.3 Å². The maximum absolute atomic E-state index is 13.1. The van der Waals surface area contributed by atoms with Gasteiger partial charge < -0.3 is 15.0 Å². The fraction of sp³-hybridized carbons (Fsp3) is 0.300. The molecular weight excluding hydrogens is 465 g/mol. The van der Waals surface area contributed by atoms with Crippen molar-refractivity contribution in [2.24, 2.45) is 0 Å². The van der Waals surface area contributed by atoms with E-state index in [0.29, 0.717) is 20.5 Å². The molecule has 6 nitrogen and oxygen atoms in total. The van der Waals surface area contributed by atoms with Crippen molar-refractivity contribution < 1.29 is 13.2 Å². The molecule has 0 saturated carbocycles. The van der Waals surface area contributed by atoms with Gasteiger partial charge in [0, 0.05) is 35.9 Å². The van der Waals surface area contributed by atoms with Gasteiger partial charge in [0.1, 0.15) is 9.96 Å². The van der Waals surface area contributed by atoms with E-state index in [2.05, 4.69) is 14.9 Å². The lowest BCUT2D eigenvalue weighted by atomic mass is 10.2. The molecule has 0 atom stereocenters. The van der Waals surface area contributed by atoms with Crippen LogP contribution >= 0.6 is 35.3 Å². The molecule has 0 aliphatic carbocycles. The second-order valence-electron chi connectivity index (χ2n) is 6.88. The third-order valence-corrected chi connectivity index (χ3v) is 8.50. The molecule has 0 amide bonds. The Morgan fingerprint density at radius 1 is 1.17 bits per heavy atom. The minimum absolute atomic E-state index is 0. The Bertz CT molecular complexity index is 1160. The molecule has 2 heterocycles. The Kier molecular flexibility index (Phi) is 7.04. The summed E-state index contributed by atoms with van der Waals surface area (Å²) >= 11 is 7.33. The van der Waals surface area contributed by atoms with Gasteiger partial charge in [0.15, 0.2) is 0 Å². The van der Waals surface area contributed by atoms with Crippen LogP contribution in [0.3, 0.4) is 0 Å². The fourth-order valence-electron chi connectivity index (χ4n) is 3.53. The molecule has 0 bridgehead atoms. The number of sulfonamides is 1. The lowest BCUT2D eigenvalue weighted by molar-refractivity contribution is 0.413. The van der Waals surface area contributed by atoms with Crippen LogP contribution in [0.25, 0.3) is 10.1 Å². The second kappa shape index (κ2) is 9.20. The van der Waals surface area contributed by atoms with Crippen LogP contribution in [0.4, 0.5) is 11.4 Å². The number of halogens is 2. The summed E-state index contributed by atoms with van der Waals surface area (Å²) in [6, 6.07) is 10.8. The number of nitrogens with one attached hydrogen (secondary N) is 2. The van der Waals surface area contributed by atoms with Crippen molar-refractivity contribution in [3.8, 4) is 5.75 Å². The topological polar surface area (TPSA) is 70.7 Å². The SMILES string of the molecule is COc1ccc(NS(=O)(=O)c2sc3ccc(Cl)cc3c2C)cc1N1CCNCC1.Cl. The number of thiophene rings is 1. The maximum Gasteiger partial charge on any atom is 0.271 e. The number of aryl methyl sites for hydroxylation is 1. The van der Waals surface area contributed by atoms with E-state index in [-0.39, 0.29) is 12.4 Å². The first-order chi connectivity index (χ1) is 13.9. The Morgan fingerprint density at radius 2 is 1.90 bits per heavy atom. The van der Waals surface area contributed by atoms with Crippen molar-refractivity contribution in [3.05, 3.63) is 47.0 Å². The van der Waals surface area contributed by atoms with Gasteiger partial charge in [0.25, 0.3) is 10.0 Å². The number of benzene rings is 2. The normalized spacial score (nSPS) is 14.4. The molecule has 0 radical (unpaired) electrons. The highest BCUT2D eigenvalue weighted by atomic mass is 35.5. The van der Waals surface area contributed by atoms with E-state index in [0.717, 1.165) is 47.7 Å². The average molecular weight is 488 g/mol. The highest BCUT2D eigenvalue weighted by Gasteiger charge is 2.23. The third-order valence-electron chi connectivity index (χ3n) is 4.99. The van der Waals surface area contributed by atoms with Gasteiger partial charge in [0.2, 0.25) is 0 Å². The van der Waals surface area contributed by atoms with Gasteiger partial charge in [-0.15, -0.1) is 23.7 Å². The van der Waals surface area contributed by atoms with Crippen molar-refractivity contribution >= 4 is 66.8 Å². The summed E-state index contributed by atoms with van der Waals surface area (Å²) < 4.78 is 35.7. The van der Waals surface area contributed by atoms with E-state index < -0.39 is 10.0 Å². The van der Waals surface area contributed by atoms with Crippen LogP contribution < -0.4 is 19.7 Å².